The van der Waals surface area contributed by atoms with Crippen molar-refractivity contribution < 1.29 is 4.79 Å². The molecule has 2 atom stereocenters. The molecule has 3 rings (SSSR count). The van der Waals surface area contributed by atoms with Gasteiger partial charge in [-0.25, -0.2) is 4.98 Å². The maximum absolute atomic E-state index is 12.9. The molecule has 0 aliphatic carbocycles. The molecule has 1 amide bonds. The van der Waals surface area contributed by atoms with Crippen LogP contribution in [0.4, 0.5) is 0 Å². The lowest BCUT2D eigenvalue weighted by atomic mass is 9.92. The predicted octanol–water partition coefficient (Wildman–Crippen LogP) is 4.89. The van der Waals surface area contributed by atoms with E-state index in [4.69, 9.17) is 11.6 Å². The van der Waals surface area contributed by atoms with Gasteiger partial charge in [0.05, 0.1) is 10.7 Å². The summed E-state index contributed by atoms with van der Waals surface area (Å²) in [6.45, 7) is 8.00. The zero-order chi connectivity index (χ0) is 16.6. The summed E-state index contributed by atoms with van der Waals surface area (Å²) in [5.41, 5.74) is 1.68. The fourth-order valence-electron chi connectivity index (χ4n) is 3.32. The zero-order valence-electron chi connectivity index (χ0n) is 13.7. The van der Waals surface area contributed by atoms with Crippen LogP contribution in [0.25, 0.3) is 10.6 Å². The lowest BCUT2D eigenvalue weighted by molar-refractivity contribution is 0.0627. The van der Waals surface area contributed by atoms with Gasteiger partial charge in [0.15, 0.2) is 0 Å². The van der Waals surface area contributed by atoms with Crippen molar-refractivity contribution >= 4 is 28.8 Å². The van der Waals surface area contributed by atoms with Crippen molar-refractivity contribution in [2.24, 2.45) is 11.8 Å². The van der Waals surface area contributed by atoms with E-state index in [0.717, 1.165) is 34.2 Å². The number of carbonyl (C=O) groups excluding carboxylic acids is 1. The Morgan fingerprint density at radius 1 is 1.26 bits per heavy atom. The number of likely N-dealkylation sites (tertiary alicyclic amines) is 1. The number of halogens is 1. The number of hydrogen-bond donors (Lipinski definition) is 0. The van der Waals surface area contributed by atoms with Crippen molar-refractivity contribution in [1.82, 2.24) is 9.88 Å². The average Bonchev–Trinajstić information content (AvgIpc) is 2.87. The molecule has 1 fully saturated rings. The van der Waals surface area contributed by atoms with E-state index >= 15 is 0 Å². The highest BCUT2D eigenvalue weighted by atomic mass is 35.5. The smallest absolute Gasteiger partial charge is 0.265 e. The molecule has 2 aromatic rings. The third kappa shape index (κ3) is 3.43. The maximum Gasteiger partial charge on any atom is 0.265 e. The highest BCUT2D eigenvalue weighted by Crippen LogP contribution is 2.34. The largest absolute Gasteiger partial charge is 0.337 e. The van der Waals surface area contributed by atoms with Gasteiger partial charge in [-0.2, -0.15) is 0 Å². The molecule has 1 aliphatic rings. The van der Waals surface area contributed by atoms with Crippen LogP contribution in [-0.2, 0) is 0 Å². The van der Waals surface area contributed by atoms with Crippen LogP contribution in [0.3, 0.4) is 0 Å². The summed E-state index contributed by atoms with van der Waals surface area (Å²) in [6.07, 6.45) is 1.19. The number of rotatable bonds is 2. The summed E-state index contributed by atoms with van der Waals surface area (Å²) in [4.78, 5) is 20.2. The molecule has 0 bridgehead atoms. The highest BCUT2D eigenvalue weighted by molar-refractivity contribution is 7.17. The molecule has 5 heteroatoms. The standard InChI is InChI=1S/C18H21ClN2OS/c1-11-8-12(2)10-21(9-11)18(22)16-13(3)20-17(23-16)14-6-4-5-7-15(14)19/h4-7,11-12H,8-10H2,1-3H3. The van der Waals surface area contributed by atoms with Crippen molar-refractivity contribution in [3.8, 4) is 10.6 Å². The molecule has 0 radical (unpaired) electrons. The third-order valence-electron chi connectivity index (χ3n) is 4.25. The van der Waals surface area contributed by atoms with Gasteiger partial charge in [-0.3, -0.25) is 4.79 Å². The Bertz CT molecular complexity index is 718. The molecule has 122 valence electrons. The first kappa shape index (κ1) is 16.5. The number of benzene rings is 1. The van der Waals surface area contributed by atoms with Crippen LogP contribution < -0.4 is 0 Å². The molecule has 1 aromatic carbocycles. The van der Waals surface area contributed by atoms with Crippen molar-refractivity contribution in [1.29, 1.82) is 0 Å². The van der Waals surface area contributed by atoms with Crippen LogP contribution in [0.2, 0.25) is 5.02 Å². The number of aromatic nitrogens is 1. The Balaban J connectivity index is 1.89. The van der Waals surface area contributed by atoms with Gasteiger partial charge in [0.25, 0.3) is 5.91 Å². The van der Waals surface area contributed by atoms with Gasteiger partial charge in [0, 0.05) is 18.7 Å². The van der Waals surface area contributed by atoms with Gasteiger partial charge in [0.1, 0.15) is 9.88 Å². The van der Waals surface area contributed by atoms with Gasteiger partial charge < -0.3 is 4.90 Å². The van der Waals surface area contributed by atoms with Crippen molar-refractivity contribution in [2.45, 2.75) is 27.2 Å². The first-order valence-electron chi connectivity index (χ1n) is 7.97. The fraction of sp³-hybridized carbons (Fsp3) is 0.444. The van der Waals surface area contributed by atoms with Gasteiger partial charge in [-0.15, -0.1) is 11.3 Å². The van der Waals surface area contributed by atoms with Gasteiger partial charge in [-0.1, -0.05) is 43.6 Å². The van der Waals surface area contributed by atoms with Crippen molar-refractivity contribution in [2.75, 3.05) is 13.1 Å². The minimum absolute atomic E-state index is 0.108. The number of piperidine rings is 1. The van der Waals surface area contributed by atoms with E-state index in [1.807, 2.05) is 36.1 Å². The van der Waals surface area contributed by atoms with E-state index in [1.165, 1.54) is 17.8 Å². The highest BCUT2D eigenvalue weighted by Gasteiger charge is 2.28. The molecule has 0 N–H and O–H groups in total. The van der Waals surface area contributed by atoms with Gasteiger partial charge >= 0.3 is 0 Å². The number of nitrogens with zero attached hydrogens (tertiary/aromatic N) is 2. The molecule has 1 saturated heterocycles. The Labute approximate surface area is 146 Å². The molecule has 1 aromatic heterocycles. The topological polar surface area (TPSA) is 33.2 Å². The second-order valence-corrected chi connectivity index (χ2v) is 7.98. The number of amides is 1. The molecule has 3 nitrogen and oxygen atoms in total. The Morgan fingerprint density at radius 2 is 1.91 bits per heavy atom. The Morgan fingerprint density at radius 3 is 2.57 bits per heavy atom. The van der Waals surface area contributed by atoms with Crippen LogP contribution in [0.5, 0.6) is 0 Å². The van der Waals surface area contributed by atoms with E-state index in [2.05, 4.69) is 18.8 Å². The SMILES string of the molecule is Cc1nc(-c2ccccc2Cl)sc1C(=O)N1CC(C)CC(C)C1. The predicted molar refractivity (Wildman–Crippen MR) is 96.1 cm³/mol. The first-order valence-corrected chi connectivity index (χ1v) is 9.16. The fourth-order valence-corrected chi connectivity index (χ4v) is 4.67. The van der Waals surface area contributed by atoms with E-state index in [1.54, 1.807) is 0 Å². The van der Waals surface area contributed by atoms with Crippen LogP contribution in [0, 0.1) is 18.8 Å². The number of hydrogen-bond acceptors (Lipinski definition) is 3. The van der Waals surface area contributed by atoms with Crippen LogP contribution in [0.15, 0.2) is 24.3 Å². The maximum atomic E-state index is 12.9. The molecular weight excluding hydrogens is 328 g/mol. The first-order chi connectivity index (χ1) is 11.0. The summed E-state index contributed by atoms with van der Waals surface area (Å²) >= 11 is 7.70. The zero-order valence-corrected chi connectivity index (χ0v) is 15.2. The molecule has 0 saturated carbocycles. The minimum atomic E-state index is 0.108. The van der Waals surface area contributed by atoms with Gasteiger partial charge in [0.2, 0.25) is 0 Å². The minimum Gasteiger partial charge on any atom is -0.337 e. The van der Waals surface area contributed by atoms with E-state index in [-0.39, 0.29) is 5.91 Å². The van der Waals surface area contributed by atoms with E-state index < -0.39 is 0 Å². The Kier molecular flexibility index (Phi) is 4.74. The summed E-state index contributed by atoms with van der Waals surface area (Å²) in [5, 5.41) is 1.48. The molecule has 2 heterocycles. The molecule has 23 heavy (non-hydrogen) atoms. The van der Waals surface area contributed by atoms with Crippen LogP contribution in [0.1, 0.15) is 35.6 Å². The van der Waals surface area contributed by atoms with Crippen molar-refractivity contribution in [3.63, 3.8) is 0 Å². The number of carbonyl (C=O) groups is 1. The number of aryl methyl sites for hydroxylation is 1. The molecule has 2 unspecified atom stereocenters. The third-order valence-corrected chi connectivity index (χ3v) is 5.76. The molecule has 0 spiro atoms. The van der Waals surface area contributed by atoms with Crippen LogP contribution >= 0.6 is 22.9 Å². The second kappa shape index (κ2) is 6.62. The van der Waals surface area contributed by atoms with E-state index in [9.17, 15) is 4.79 Å². The van der Waals surface area contributed by atoms with E-state index in [0.29, 0.717) is 16.9 Å². The average molecular weight is 349 g/mol. The summed E-state index contributed by atoms with van der Waals surface area (Å²) < 4.78 is 0. The normalized spacial score (nSPS) is 21.5. The molecule has 1 aliphatic heterocycles. The monoisotopic (exact) mass is 348 g/mol. The lowest BCUT2D eigenvalue weighted by Crippen LogP contribution is -2.42. The Hall–Kier alpha value is -1.39. The summed E-state index contributed by atoms with van der Waals surface area (Å²) in [6, 6.07) is 7.63. The summed E-state index contributed by atoms with van der Waals surface area (Å²) in [7, 11) is 0. The lowest BCUT2D eigenvalue weighted by Gasteiger charge is -2.34. The van der Waals surface area contributed by atoms with Crippen molar-refractivity contribution in [3.05, 3.63) is 39.9 Å². The quantitative estimate of drug-likeness (QED) is 0.774. The molecular formula is C18H21ClN2OS. The van der Waals surface area contributed by atoms with Gasteiger partial charge in [-0.05, 0) is 31.2 Å². The second-order valence-electron chi connectivity index (χ2n) is 6.57. The summed E-state index contributed by atoms with van der Waals surface area (Å²) in [5.74, 6) is 1.22. The van der Waals surface area contributed by atoms with Crippen LogP contribution in [-0.4, -0.2) is 28.9 Å². The number of thiazole rings is 1.